The first kappa shape index (κ1) is 18.3. The second-order valence-electron chi connectivity index (χ2n) is 6.57. The minimum Gasteiger partial charge on any atom is -0.325 e. The van der Waals surface area contributed by atoms with E-state index in [4.69, 9.17) is 0 Å². The van der Waals surface area contributed by atoms with Crippen LogP contribution in [0.4, 0.5) is 16.2 Å². The molecule has 0 bridgehead atoms. The fourth-order valence-corrected chi connectivity index (χ4v) is 4.10. The van der Waals surface area contributed by atoms with Crippen molar-refractivity contribution in [3.63, 3.8) is 0 Å². The zero-order valence-electron chi connectivity index (χ0n) is 15.0. The molecule has 2 amide bonds. The van der Waals surface area contributed by atoms with E-state index in [0.717, 1.165) is 37.1 Å². The van der Waals surface area contributed by atoms with Crippen molar-refractivity contribution in [2.75, 3.05) is 23.1 Å². The average Bonchev–Trinajstić information content (AvgIpc) is 3.13. The summed E-state index contributed by atoms with van der Waals surface area (Å²) in [6, 6.07) is 11.6. The van der Waals surface area contributed by atoms with Gasteiger partial charge in [-0.1, -0.05) is 17.7 Å². The second-order valence-corrected chi connectivity index (χ2v) is 8.25. The number of sulfonamides is 1. The number of carbonyl (C=O) groups is 1. The molecule has 0 aliphatic carbocycles. The Morgan fingerprint density at radius 2 is 1.65 bits per heavy atom. The number of amides is 2. The van der Waals surface area contributed by atoms with Gasteiger partial charge in [-0.3, -0.25) is 4.72 Å². The molecular weight excluding hydrogens is 350 g/mol. The Morgan fingerprint density at radius 1 is 1.00 bits per heavy atom. The van der Waals surface area contributed by atoms with E-state index in [1.54, 1.807) is 23.1 Å². The van der Waals surface area contributed by atoms with E-state index in [-0.39, 0.29) is 10.9 Å². The van der Waals surface area contributed by atoms with Crippen LogP contribution in [0.15, 0.2) is 47.4 Å². The summed E-state index contributed by atoms with van der Waals surface area (Å²) in [7, 11) is -3.68. The van der Waals surface area contributed by atoms with Gasteiger partial charge in [-0.25, -0.2) is 13.2 Å². The van der Waals surface area contributed by atoms with Crippen molar-refractivity contribution in [3.8, 4) is 0 Å². The quantitative estimate of drug-likeness (QED) is 0.857. The minimum atomic E-state index is -3.68. The maximum absolute atomic E-state index is 12.6. The van der Waals surface area contributed by atoms with E-state index in [1.165, 1.54) is 12.1 Å². The van der Waals surface area contributed by atoms with Crippen molar-refractivity contribution in [2.45, 2.75) is 31.6 Å². The lowest BCUT2D eigenvalue weighted by molar-refractivity contribution is 0.222. The van der Waals surface area contributed by atoms with Gasteiger partial charge in [-0.2, -0.15) is 0 Å². The van der Waals surface area contributed by atoms with Crippen molar-refractivity contribution in [1.82, 2.24) is 4.90 Å². The van der Waals surface area contributed by atoms with E-state index in [0.29, 0.717) is 11.4 Å². The van der Waals surface area contributed by atoms with Crippen molar-refractivity contribution in [2.24, 2.45) is 0 Å². The number of urea groups is 1. The second kappa shape index (κ2) is 7.37. The predicted octanol–water partition coefficient (Wildman–Crippen LogP) is 3.73. The molecule has 2 aromatic carbocycles. The van der Waals surface area contributed by atoms with Gasteiger partial charge < -0.3 is 10.2 Å². The molecule has 7 heteroatoms. The van der Waals surface area contributed by atoms with Crippen LogP contribution in [0.3, 0.4) is 0 Å². The topological polar surface area (TPSA) is 78.5 Å². The Balaban J connectivity index is 1.71. The van der Waals surface area contributed by atoms with Crippen LogP contribution in [-0.4, -0.2) is 32.4 Å². The van der Waals surface area contributed by atoms with Gasteiger partial charge in [0.25, 0.3) is 10.0 Å². The van der Waals surface area contributed by atoms with Crippen LogP contribution in [0, 0.1) is 13.8 Å². The standard InChI is InChI=1S/C19H23N3O3S/c1-14-5-10-18(15(2)13-14)21-26(24,25)17-8-6-16(7-9-17)20-19(23)22-11-3-4-12-22/h5-10,13,21H,3-4,11-12H2,1-2H3,(H,20,23). The summed E-state index contributed by atoms with van der Waals surface area (Å²) in [4.78, 5) is 14.0. The van der Waals surface area contributed by atoms with E-state index in [2.05, 4.69) is 10.0 Å². The molecule has 2 N–H and O–H groups in total. The summed E-state index contributed by atoms with van der Waals surface area (Å²) in [5.74, 6) is 0. The lowest BCUT2D eigenvalue weighted by Crippen LogP contribution is -2.32. The molecule has 26 heavy (non-hydrogen) atoms. The third-order valence-corrected chi connectivity index (χ3v) is 5.82. The maximum atomic E-state index is 12.6. The smallest absolute Gasteiger partial charge is 0.321 e. The lowest BCUT2D eigenvalue weighted by atomic mass is 10.1. The Bertz CT molecular complexity index is 902. The van der Waals surface area contributed by atoms with Crippen LogP contribution in [0.25, 0.3) is 0 Å². The van der Waals surface area contributed by atoms with E-state index < -0.39 is 10.0 Å². The Hall–Kier alpha value is -2.54. The third kappa shape index (κ3) is 4.16. The van der Waals surface area contributed by atoms with Gasteiger partial charge in [-0.05, 0) is 62.6 Å². The molecule has 0 radical (unpaired) electrons. The molecule has 0 unspecified atom stereocenters. The highest BCUT2D eigenvalue weighted by Gasteiger charge is 2.19. The largest absolute Gasteiger partial charge is 0.325 e. The van der Waals surface area contributed by atoms with Crippen LogP contribution in [-0.2, 0) is 10.0 Å². The minimum absolute atomic E-state index is 0.147. The summed E-state index contributed by atoms with van der Waals surface area (Å²) in [5.41, 5.74) is 3.07. The molecule has 6 nitrogen and oxygen atoms in total. The van der Waals surface area contributed by atoms with Crippen molar-refractivity contribution >= 4 is 27.4 Å². The molecule has 2 aromatic rings. The first-order valence-corrected chi connectivity index (χ1v) is 10.1. The fraction of sp³-hybridized carbons (Fsp3) is 0.316. The summed E-state index contributed by atoms with van der Waals surface area (Å²) >= 11 is 0. The monoisotopic (exact) mass is 373 g/mol. The van der Waals surface area contributed by atoms with Gasteiger partial charge in [0, 0.05) is 18.8 Å². The lowest BCUT2D eigenvalue weighted by Gasteiger charge is -2.16. The molecule has 1 heterocycles. The maximum Gasteiger partial charge on any atom is 0.321 e. The number of hydrogen-bond donors (Lipinski definition) is 2. The van der Waals surface area contributed by atoms with Crippen LogP contribution in [0.5, 0.6) is 0 Å². The van der Waals surface area contributed by atoms with Gasteiger partial charge in [0.1, 0.15) is 0 Å². The molecule has 138 valence electrons. The van der Waals surface area contributed by atoms with Gasteiger partial charge in [0.15, 0.2) is 0 Å². The zero-order chi connectivity index (χ0) is 18.7. The number of rotatable bonds is 4. The number of likely N-dealkylation sites (tertiary alicyclic amines) is 1. The van der Waals surface area contributed by atoms with Gasteiger partial charge >= 0.3 is 6.03 Å². The Morgan fingerprint density at radius 3 is 2.27 bits per heavy atom. The molecule has 1 aliphatic heterocycles. The van der Waals surface area contributed by atoms with Gasteiger partial charge in [-0.15, -0.1) is 0 Å². The van der Waals surface area contributed by atoms with Crippen molar-refractivity contribution < 1.29 is 13.2 Å². The number of benzene rings is 2. The molecule has 0 spiro atoms. The van der Waals surface area contributed by atoms with Gasteiger partial charge in [0.05, 0.1) is 10.6 Å². The number of anilines is 2. The number of aryl methyl sites for hydroxylation is 2. The fourth-order valence-electron chi connectivity index (χ4n) is 2.97. The normalized spacial score (nSPS) is 14.3. The van der Waals surface area contributed by atoms with Crippen LogP contribution < -0.4 is 10.0 Å². The number of carbonyl (C=O) groups excluding carboxylic acids is 1. The number of nitrogens with zero attached hydrogens (tertiary/aromatic N) is 1. The molecular formula is C19H23N3O3S. The first-order valence-electron chi connectivity index (χ1n) is 8.61. The molecule has 3 rings (SSSR count). The van der Waals surface area contributed by atoms with E-state index >= 15 is 0 Å². The SMILES string of the molecule is Cc1ccc(NS(=O)(=O)c2ccc(NC(=O)N3CCCC3)cc2)c(C)c1. The molecule has 0 saturated carbocycles. The Kier molecular flexibility index (Phi) is 5.18. The summed E-state index contributed by atoms with van der Waals surface area (Å²) in [6.45, 7) is 5.35. The van der Waals surface area contributed by atoms with E-state index in [1.807, 2.05) is 26.0 Å². The highest BCUT2D eigenvalue weighted by atomic mass is 32.2. The highest BCUT2D eigenvalue weighted by Crippen LogP contribution is 2.22. The molecule has 0 atom stereocenters. The van der Waals surface area contributed by atoms with E-state index in [9.17, 15) is 13.2 Å². The first-order chi connectivity index (χ1) is 12.3. The molecule has 0 aromatic heterocycles. The average molecular weight is 373 g/mol. The van der Waals surface area contributed by atoms with Crippen molar-refractivity contribution in [1.29, 1.82) is 0 Å². The van der Waals surface area contributed by atoms with Crippen molar-refractivity contribution in [3.05, 3.63) is 53.6 Å². The van der Waals surface area contributed by atoms with Crippen LogP contribution >= 0.6 is 0 Å². The Labute approximate surface area is 154 Å². The molecule has 1 fully saturated rings. The molecule has 1 aliphatic rings. The van der Waals surface area contributed by atoms with Crippen LogP contribution in [0.2, 0.25) is 0 Å². The van der Waals surface area contributed by atoms with Gasteiger partial charge in [0.2, 0.25) is 0 Å². The highest BCUT2D eigenvalue weighted by molar-refractivity contribution is 7.92. The number of hydrogen-bond acceptors (Lipinski definition) is 3. The summed E-state index contributed by atoms with van der Waals surface area (Å²) < 4.78 is 27.8. The number of nitrogens with one attached hydrogen (secondary N) is 2. The zero-order valence-corrected chi connectivity index (χ0v) is 15.8. The molecule has 1 saturated heterocycles. The predicted molar refractivity (Wildman–Crippen MR) is 103 cm³/mol. The van der Waals surface area contributed by atoms with Crippen LogP contribution in [0.1, 0.15) is 24.0 Å². The summed E-state index contributed by atoms with van der Waals surface area (Å²) in [5, 5.41) is 2.80. The summed E-state index contributed by atoms with van der Waals surface area (Å²) in [6.07, 6.45) is 2.05. The third-order valence-electron chi connectivity index (χ3n) is 4.44.